The average molecular weight is 669 g/mol. The summed E-state index contributed by atoms with van der Waals surface area (Å²) in [5.41, 5.74) is 14.1. The smallest absolute Gasteiger partial charge is 0.160 e. The maximum atomic E-state index is 5.09. The van der Waals surface area contributed by atoms with E-state index in [0.29, 0.717) is 0 Å². The maximum absolute atomic E-state index is 5.09. The van der Waals surface area contributed by atoms with E-state index in [9.17, 15) is 0 Å². The Morgan fingerprint density at radius 1 is 0.404 bits per heavy atom. The second-order valence-electron chi connectivity index (χ2n) is 13.3. The molecule has 9 rings (SSSR count). The highest BCUT2D eigenvalue weighted by Gasteiger charge is 2.18. The van der Waals surface area contributed by atoms with Crippen molar-refractivity contribution >= 4 is 38.9 Å². The van der Waals surface area contributed by atoms with Gasteiger partial charge in [-0.15, -0.1) is 0 Å². The van der Waals surface area contributed by atoms with Crippen molar-refractivity contribution in [1.82, 2.24) is 14.5 Å². The van der Waals surface area contributed by atoms with E-state index >= 15 is 0 Å². The molecular formula is C48H36N4. The first-order valence-corrected chi connectivity index (χ1v) is 17.7. The molecule has 0 spiro atoms. The van der Waals surface area contributed by atoms with E-state index in [-0.39, 0.29) is 0 Å². The molecule has 9 aromatic rings. The van der Waals surface area contributed by atoms with Crippen LogP contribution in [0.1, 0.15) is 11.1 Å². The third-order valence-electron chi connectivity index (χ3n) is 9.75. The van der Waals surface area contributed by atoms with Gasteiger partial charge in [-0.3, -0.25) is 0 Å². The summed E-state index contributed by atoms with van der Waals surface area (Å²) in [5, 5.41) is 2.42. The number of nitrogens with zero attached hydrogens (tertiary/aromatic N) is 4. The van der Waals surface area contributed by atoms with Gasteiger partial charge in [0.2, 0.25) is 0 Å². The van der Waals surface area contributed by atoms with Gasteiger partial charge in [0, 0.05) is 50.2 Å². The molecule has 7 aromatic carbocycles. The molecule has 0 N–H and O–H groups in total. The van der Waals surface area contributed by atoms with Crippen molar-refractivity contribution in [3.05, 3.63) is 193 Å². The lowest BCUT2D eigenvalue weighted by atomic mass is 10.0. The van der Waals surface area contributed by atoms with Crippen molar-refractivity contribution in [3.63, 3.8) is 0 Å². The fraction of sp³-hybridized carbons (Fsp3) is 0.0417. The van der Waals surface area contributed by atoms with Crippen LogP contribution in [0.25, 0.3) is 61.4 Å². The molecule has 52 heavy (non-hydrogen) atoms. The lowest BCUT2D eigenvalue weighted by molar-refractivity contribution is 1.17. The van der Waals surface area contributed by atoms with Crippen LogP contribution in [0.4, 0.5) is 17.1 Å². The van der Waals surface area contributed by atoms with Crippen LogP contribution in [0.15, 0.2) is 182 Å². The molecule has 0 radical (unpaired) electrons. The molecule has 0 aliphatic carbocycles. The first-order chi connectivity index (χ1) is 25.6. The lowest BCUT2D eigenvalue weighted by Gasteiger charge is -2.25. The van der Waals surface area contributed by atoms with E-state index in [4.69, 9.17) is 9.97 Å². The summed E-state index contributed by atoms with van der Waals surface area (Å²) >= 11 is 0. The molecule has 0 saturated heterocycles. The van der Waals surface area contributed by atoms with Crippen LogP contribution in [0.2, 0.25) is 0 Å². The molecule has 0 aliphatic rings. The van der Waals surface area contributed by atoms with Gasteiger partial charge in [0.1, 0.15) is 0 Å². The molecule has 0 bridgehead atoms. The van der Waals surface area contributed by atoms with Gasteiger partial charge in [-0.25, -0.2) is 9.97 Å². The number of rotatable bonds is 7. The molecule has 0 saturated carbocycles. The Morgan fingerprint density at radius 3 is 1.50 bits per heavy atom. The van der Waals surface area contributed by atoms with E-state index in [2.05, 4.69) is 205 Å². The zero-order chi connectivity index (χ0) is 35.0. The van der Waals surface area contributed by atoms with Gasteiger partial charge in [0.15, 0.2) is 5.82 Å². The summed E-state index contributed by atoms with van der Waals surface area (Å²) in [6.07, 6.45) is 0. The Labute approximate surface area is 303 Å². The summed E-state index contributed by atoms with van der Waals surface area (Å²) in [5.74, 6) is 0.718. The van der Waals surface area contributed by atoms with Crippen molar-refractivity contribution in [2.75, 3.05) is 4.90 Å². The van der Waals surface area contributed by atoms with Crippen molar-refractivity contribution in [3.8, 4) is 39.6 Å². The van der Waals surface area contributed by atoms with Crippen LogP contribution in [-0.4, -0.2) is 14.5 Å². The fourth-order valence-electron chi connectivity index (χ4n) is 7.06. The largest absolute Gasteiger partial charge is 0.310 e. The molecule has 4 heteroatoms. The Hall–Kier alpha value is -6.78. The summed E-state index contributed by atoms with van der Waals surface area (Å²) in [4.78, 5) is 12.4. The van der Waals surface area contributed by atoms with Gasteiger partial charge in [0.25, 0.3) is 0 Å². The second kappa shape index (κ2) is 13.2. The van der Waals surface area contributed by atoms with Gasteiger partial charge in [0.05, 0.1) is 22.4 Å². The third kappa shape index (κ3) is 5.80. The number of hydrogen-bond donors (Lipinski definition) is 0. The summed E-state index contributed by atoms with van der Waals surface area (Å²) < 4.78 is 2.36. The van der Waals surface area contributed by atoms with Crippen molar-refractivity contribution in [1.29, 1.82) is 0 Å². The first-order valence-electron chi connectivity index (χ1n) is 17.7. The van der Waals surface area contributed by atoms with Gasteiger partial charge in [-0.05, 0) is 80.6 Å². The van der Waals surface area contributed by atoms with Crippen molar-refractivity contribution in [2.45, 2.75) is 13.8 Å². The fourth-order valence-corrected chi connectivity index (χ4v) is 7.06. The van der Waals surface area contributed by atoms with E-state index in [0.717, 1.165) is 62.2 Å². The highest BCUT2D eigenvalue weighted by atomic mass is 15.1. The number of aromatic nitrogens is 3. The predicted octanol–water partition coefficient (Wildman–Crippen LogP) is 12.7. The molecule has 4 nitrogen and oxygen atoms in total. The topological polar surface area (TPSA) is 34.0 Å². The van der Waals surface area contributed by atoms with E-state index in [1.807, 2.05) is 0 Å². The van der Waals surface area contributed by atoms with Gasteiger partial charge >= 0.3 is 0 Å². The van der Waals surface area contributed by atoms with Crippen LogP contribution in [0.3, 0.4) is 0 Å². The van der Waals surface area contributed by atoms with Crippen LogP contribution in [-0.2, 0) is 0 Å². The Balaban J connectivity index is 1.15. The number of para-hydroxylation sites is 3. The number of anilines is 3. The zero-order valence-corrected chi connectivity index (χ0v) is 29.1. The average Bonchev–Trinajstić information content (AvgIpc) is 3.53. The standard InChI is InChI=1S/C48H36N4/c1-33-17-21-35(22-18-33)44-32-45(50-48(49-44)37-23-19-34(2)20-24-37)36-25-27-40(28-26-36)52-46-16-10-9-15-42(46)43-31-41(29-30-47(43)52)51(38-11-5-3-6-12-38)39-13-7-4-8-14-39/h3-32H,1-2H3. The second-order valence-corrected chi connectivity index (χ2v) is 13.3. The number of fused-ring (bicyclic) bond motifs is 3. The van der Waals surface area contributed by atoms with E-state index < -0.39 is 0 Å². The van der Waals surface area contributed by atoms with E-state index in [1.165, 1.54) is 27.4 Å². The Morgan fingerprint density at radius 2 is 0.904 bits per heavy atom. The number of benzene rings is 7. The summed E-state index contributed by atoms with van der Waals surface area (Å²) in [6.45, 7) is 4.20. The van der Waals surface area contributed by atoms with Crippen LogP contribution < -0.4 is 4.90 Å². The minimum Gasteiger partial charge on any atom is -0.310 e. The molecule has 0 atom stereocenters. The molecule has 2 aromatic heterocycles. The van der Waals surface area contributed by atoms with Crippen LogP contribution in [0.5, 0.6) is 0 Å². The molecule has 0 unspecified atom stereocenters. The predicted molar refractivity (Wildman–Crippen MR) is 217 cm³/mol. The molecular weight excluding hydrogens is 633 g/mol. The molecule has 248 valence electrons. The van der Waals surface area contributed by atoms with Gasteiger partial charge < -0.3 is 9.47 Å². The monoisotopic (exact) mass is 668 g/mol. The minimum atomic E-state index is 0.718. The van der Waals surface area contributed by atoms with Gasteiger partial charge in [-0.1, -0.05) is 126 Å². The lowest BCUT2D eigenvalue weighted by Crippen LogP contribution is -2.09. The van der Waals surface area contributed by atoms with Crippen molar-refractivity contribution < 1.29 is 0 Å². The van der Waals surface area contributed by atoms with Crippen LogP contribution >= 0.6 is 0 Å². The maximum Gasteiger partial charge on any atom is 0.160 e. The Kier molecular flexibility index (Phi) is 7.90. The normalized spacial score (nSPS) is 11.3. The van der Waals surface area contributed by atoms with Gasteiger partial charge in [-0.2, -0.15) is 0 Å². The number of hydrogen-bond acceptors (Lipinski definition) is 3. The zero-order valence-electron chi connectivity index (χ0n) is 29.1. The SMILES string of the molecule is Cc1ccc(-c2cc(-c3ccc(-n4c5ccccc5c5cc(N(c6ccccc6)c6ccccc6)ccc54)cc3)nc(-c3ccc(C)cc3)n2)cc1. The third-order valence-corrected chi connectivity index (χ3v) is 9.75. The number of aryl methyl sites for hydroxylation is 2. The van der Waals surface area contributed by atoms with E-state index in [1.54, 1.807) is 0 Å². The molecule has 0 fully saturated rings. The Bertz CT molecular complexity index is 2560. The molecule has 2 heterocycles. The first kappa shape index (κ1) is 31.2. The highest BCUT2D eigenvalue weighted by Crippen LogP contribution is 2.40. The van der Waals surface area contributed by atoms with Crippen molar-refractivity contribution in [2.24, 2.45) is 0 Å². The van der Waals surface area contributed by atoms with Crippen LogP contribution in [0, 0.1) is 13.8 Å². The minimum absolute atomic E-state index is 0.718. The molecule has 0 aliphatic heterocycles. The quantitative estimate of drug-likeness (QED) is 0.169. The highest BCUT2D eigenvalue weighted by molar-refractivity contribution is 6.10. The summed E-state index contributed by atoms with van der Waals surface area (Å²) in [6, 6.07) is 64.4. The molecule has 0 amide bonds. The summed E-state index contributed by atoms with van der Waals surface area (Å²) in [7, 11) is 0.